The van der Waals surface area contributed by atoms with Crippen LogP contribution in [0.25, 0.3) is 0 Å². The smallest absolute Gasteiger partial charge is 0.266 e. The quantitative estimate of drug-likeness (QED) is 0.460. The van der Waals surface area contributed by atoms with E-state index in [0.717, 1.165) is 25.5 Å². The number of hydrogen-bond donors (Lipinski definition) is 1. The third-order valence-electron chi connectivity index (χ3n) is 1.79. The number of fused-ring (bicyclic) bond motifs is 1. The highest BCUT2D eigenvalue weighted by molar-refractivity contribution is 6.02. The number of nitrogens with one attached hydrogen (secondary N) is 1. The molecule has 0 aliphatic carbocycles. The van der Waals surface area contributed by atoms with Crippen LogP contribution in [0.3, 0.4) is 0 Å². The summed E-state index contributed by atoms with van der Waals surface area (Å²) in [6.07, 6.45) is 0. The number of carbonyl (C=O) groups is 1. The van der Waals surface area contributed by atoms with Crippen LogP contribution in [0.2, 0.25) is 0 Å². The molecular weight excluding hydrogens is 130 g/mol. The Morgan fingerprint density at radius 1 is 1.60 bits per heavy atom. The number of hydrogen-bond acceptors (Lipinski definition) is 3. The number of aliphatic imine (C=N–C) groups is 1. The molecule has 0 unspecified atom stereocenters. The van der Waals surface area contributed by atoms with Gasteiger partial charge in [-0.3, -0.25) is 4.79 Å². The first-order valence-electron chi connectivity index (χ1n) is 3.42. The number of piperazine rings is 1. The van der Waals surface area contributed by atoms with Crippen LogP contribution in [-0.4, -0.2) is 42.8 Å². The van der Waals surface area contributed by atoms with Crippen molar-refractivity contribution in [3.05, 3.63) is 0 Å². The Morgan fingerprint density at radius 2 is 2.50 bits per heavy atom. The molecule has 0 radical (unpaired) electrons. The lowest BCUT2D eigenvalue weighted by molar-refractivity contribution is -0.117. The van der Waals surface area contributed by atoms with Gasteiger partial charge in [-0.2, -0.15) is 4.99 Å². The zero-order valence-electron chi connectivity index (χ0n) is 5.63. The van der Waals surface area contributed by atoms with E-state index < -0.39 is 0 Å². The fraction of sp³-hybridized carbons (Fsp3) is 0.667. The summed E-state index contributed by atoms with van der Waals surface area (Å²) in [5, 5.41) is 3.15. The average Bonchev–Trinajstić information content (AvgIpc) is 2.27. The highest BCUT2D eigenvalue weighted by Crippen LogP contribution is 2.03. The topological polar surface area (TPSA) is 44.7 Å². The van der Waals surface area contributed by atoms with Crippen molar-refractivity contribution < 1.29 is 4.79 Å². The lowest BCUT2D eigenvalue weighted by Crippen LogP contribution is -2.46. The van der Waals surface area contributed by atoms with Gasteiger partial charge in [-0.15, -0.1) is 0 Å². The zero-order valence-corrected chi connectivity index (χ0v) is 5.63. The van der Waals surface area contributed by atoms with Gasteiger partial charge in [0.25, 0.3) is 5.91 Å². The van der Waals surface area contributed by atoms with Crippen molar-refractivity contribution in [1.29, 1.82) is 0 Å². The van der Waals surface area contributed by atoms with E-state index in [1.165, 1.54) is 0 Å². The third-order valence-corrected chi connectivity index (χ3v) is 1.79. The van der Waals surface area contributed by atoms with Crippen molar-refractivity contribution in [2.75, 3.05) is 26.2 Å². The van der Waals surface area contributed by atoms with E-state index in [9.17, 15) is 4.79 Å². The molecule has 0 spiro atoms. The van der Waals surface area contributed by atoms with Crippen molar-refractivity contribution in [2.24, 2.45) is 4.99 Å². The minimum Gasteiger partial charge on any atom is -0.348 e. The number of carbonyl (C=O) groups excluding carboxylic acids is 1. The van der Waals surface area contributed by atoms with Crippen LogP contribution in [0.15, 0.2) is 4.99 Å². The summed E-state index contributed by atoms with van der Waals surface area (Å²) in [5.74, 6) is 0.912. The summed E-state index contributed by atoms with van der Waals surface area (Å²) >= 11 is 0. The van der Waals surface area contributed by atoms with Crippen molar-refractivity contribution in [3.63, 3.8) is 0 Å². The molecule has 2 aliphatic heterocycles. The Labute approximate surface area is 58.9 Å². The minimum absolute atomic E-state index is 0.00120. The second-order valence-corrected chi connectivity index (χ2v) is 2.52. The summed E-state index contributed by atoms with van der Waals surface area (Å²) < 4.78 is 0. The molecule has 1 N–H and O–H groups in total. The van der Waals surface area contributed by atoms with Crippen molar-refractivity contribution >= 4 is 11.7 Å². The van der Waals surface area contributed by atoms with Gasteiger partial charge in [-0.1, -0.05) is 0 Å². The molecule has 0 atom stereocenters. The van der Waals surface area contributed by atoms with E-state index in [1.54, 1.807) is 0 Å². The largest absolute Gasteiger partial charge is 0.348 e. The van der Waals surface area contributed by atoms with Gasteiger partial charge >= 0.3 is 0 Å². The van der Waals surface area contributed by atoms with E-state index in [0.29, 0.717) is 6.54 Å². The SMILES string of the molecule is O=C1CN2CCNCC2=N1. The normalized spacial score (nSPS) is 24.6. The summed E-state index contributed by atoms with van der Waals surface area (Å²) in [4.78, 5) is 16.6. The molecule has 0 aromatic rings. The highest BCUT2D eigenvalue weighted by atomic mass is 16.2. The number of nitrogens with zero attached hydrogens (tertiary/aromatic N) is 2. The Kier molecular flexibility index (Phi) is 1.20. The lowest BCUT2D eigenvalue weighted by atomic mass is 10.4. The average molecular weight is 139 g/mol. The van der Waals surface area contributed by atoms with Gasteiger partial charge < -0.3 is 10.2 Å². The van der Waals surface area contributed by atoms with Crippen LogP contribution in [0.5, 0.6) is 0 Å². The maximum atomic E-state index is 10.8. The highest BCUT2D eigenvalue weighted by Gasteiger charge is 2.24. The van der Waals surface area contributed by atoms with Crippen LogP contribution in [0.4, 0.5) is 0 Å². The van der Waals surface area contributed by atoms with Gasteiger partial charge in [-0.05, 0) is 0 Å². The Balaban J connectivity index is 2.17. The predicted molar refractivity (Wildman–Crippen MR) is 36.9 cm³/mol. The molecular formula is C6H9N3O. The van der Waals surface area contributed by atoms with Gasteiger partial charge in [0.15, 0.2) is 0 Å². The number of amides is 1. The maximum Gasteiger partial charge on any atom is 0.266 e. The van der Waals surface area contributed by atoms with Crippen molar-refractivity contribution in [1.82, 2.24) is 10.2 Å². The summed E-state index contributed by atoms with van der Waals surface area (Å²) in [7, 11) is 0. The summed E-state index contributed by atoms with van der Waals surface area (Å²) in [5.41, 5.74) is 0. The molecule has 10 heavy (non-hydrogen) atoms. The number of rotatable bonds is 0. The summed E-state index contributed by atoms with van der Waals surface area (Å²) in [6.45, 7) is 3.14. The van der Waals surface area contributed by atoms with Crippen LogP contribution in [0.1, 0.15) is 0 Å². The molecule has 54 valence electrons. The van der Waals surface area contributed by atoms with Crippen LogP contribution < -0.4 is 5.32 Å². The van der Waals surface area contributed by atoms with Gasteiger partial charge in [0.1, 0.15) is 12.4 Å². The summed E-state index contributed by atoms with van der Waals surface area (Å²) in [6, 6.07) is 0. The second-order valence-electron chi connectivity index (χ2n) is 2.52. The molecule has 1 fully saturated rings. The van der Waals surface area contributed by atoms with E-state index in [2.05, 4.69) is 10.3 Å². The zero-order chi connectivity index (χ0) is 6.97. The van der Waals surface area contributed by atoms with Crippen LogP contribution in [-0.2, 0) is 4.79 Å². The van der Waals surface area contributed by atoms with E-state index in [4.69, 9.17) is 0 Å². The van der Waals surface area contributed by atoms with E-state index in [1.807, 2.05) is 4.90 Å². The standard InChI is InChI=1S/C6H9N3O/c10-6-4-9-2-1-7-3-5(9)8-6/h7H,1-4H2. The fourth-order valence-electron chi connectivity index (χ4n) is 1.28. The monoisotopic (exact) mass is 139 g/mol. The first-order chi connectivity index (χ1) is 4.86. The Morgan fingerprint density at radius 3 is 3.30 bits per heavy atom. The molecule has 2 heterocycles. The fourth-order valence-corrected chi connectivity index (χ4v) is 1.28. The van der Waals surface area contributed by atoms with Crippen LogP contribution >= 0.6 is 0 Å². The van der Waals surface area contributed by atoms with E-state index >= 15 is 0 Å². The maximum absolute atomic E-state index is 10.8. The Bertz CT molecular complexity index is 199. The minimum atomic E-state index is -0.00120. The molecule has 0 saturated carbocycles. The van der Waals surface area contributed by atoms with Crippen molar-refractivity contribution in [3.8, 4) is 0 Å². The second kappa shape index (κ2) is 2.05. The van der Waals surface area contributed by atoms with Gasteiger partial charge in [0.2, 0.25) is 0 Å². The molecule has 0 aromatic carbocycles. The van der Waals surface area contributed by atoms with Gasteiger partial charge in [-0.25, -0.2) is 0 Å². The molecule has 4 heteroatoms. The Hall–Kier alpha value is -0.900. The molecule has 0 aromatic heterocycles. The van der Waals surface area contributed by atoms with Crippen molar-refractivity contribution in [2.45, 2.75) is 0 Å². The number of amidine groups is 1. The first kappa shape index (κ1) is 5.85. The van der Waals surface area contributed by atoms with E-state index in [-0.39, 0.29) is 5.91 Å². The molecule has 2 rings (SSSR count). The molecule has 0 bridgehead atoms. The first-order valence-corrected chi connectivity index (χ1v) is 3.42. The third kappa shape index (κ3) is 0.806. The molecule has 1 saturated heterocycles. The lowest BCUT2D eigenvalue weighted by Gasteiger charge is -2.24. The van der Waals surface area contributed by atoms with Gasteiger partial charge in [0, 0.05) is 13.1 Å². The molecule has 2 aliphatic rings. The molecule has 1 amide bonds. The van der Waals surface area contributed by atoms with Crippen LogP contribution in [0, 0.1) is 0 Å². The molecule has 4 nitrogen and oxygen atoms in total. The predicted octanol–water partition coefficient (Wildman–Crippen LogP) is -1.17. The van der Waals surface area contributed by atoms with Gasteiger partial charge in [0.05, 0.1) is 6.54 Å².